The fourth-order valence-corrected chi connectivity index (χ4v) is 3.62. The first-order valence-corrected chi connectivity index (χ1v) is 8.05. The minimum Gasteiger partial charge on any atom is -0.375 e. The van der Waals surface area contributed by atoms with Gasteiger partial charge in [0.1, 0.15) is 0 Å². The molecule has 1 aliphatic carbocycles. The van der Waals surface area contributed by atoms with E-state index in [2.05, 4.69) is 19.2 Å². The molecule has 0 aromatic rings. The molecule has 1 atom stereocenters. The maximum atomic E-state index is 6.16. The second-order valence-corrected chi connectivity index (χ2v) is 6.84. The summed E-state index contributed by atoms with van der Waals surface area (Å²) in [6.45, 7) is 7.92. The van der Waals surface area contributed by atoms with Crippen molar-refractivity contribution < 1.29 is 4.74 Å². The summed E-state index contributed by atoms with van der Waals surface area (Å²) in [5, 5.41) is 3.58. The first-order valence-electron chi connectivity index (χ1n) is 8.05. The van der Waals surface area contributed by atoms with E-state index in [0.717, 1.165) is 25.0 Å². The summed E-state index contributed by atoms with van der Waals surface area (Å²) in [6.07, 6.45) is 10.8. The Morgan fingerprint density at radius 3 is 2.72 bits per heavy atom. The summed E-state index contributed by atoms with van der Waals surface area (Å²) in [4.78, 5) is 0. The lowest BCUT2D eigenvalue weighted by Crippen LogP contribution is -2.42. The molecule has 0 aromatic carbocycles. The molecule has 1 heterocycles. The molecule has 2 aliphatic rings. The molecule has 0 aromatic heterocycles. The molecule has 2 heteroatoms. The minimum absolute atomic E-state index is 0.291. The summed E-state index contributed by atoms with van der Waals surface area (Å²) >= 11 is 0. The van der Waals surface area contributed by atoms with Gasteiger partial charge in [-0.25, -0.2) is 0 Å². The van der Waals surface area contributed by atoms with Gasteiger partial charge in [-0.05, 0) is 57.0 Å². The third kappa shape index (κ3) is 4.24. The normalized spacial score (nSPS) is 27.8. The molecule has 18 heavy (non-hydrogen) atoms. The Bertz CT molecular complexity index is 228. The summed E-state index contributed by atoms with van der Waals surface area (Å²) < 4.78 is 6.16. The second kappa shape index (κ2) is 6.91. The smallest absolute Gasteiger partial charge is 0.0685 e. The molecule has 2 nitrogen and oxygen atoms in total. The van der Waals surface area contributed by atoms with Crippen molar-refractivity contribution in [3.63, 3.8) is 0 Å². The van der Waals surface area contributed by atoms with Gasteiger partial charge in [-0.1, -0.05) is 33.1 Å². The van der Waals surface area contributed by atoms with Crippen molar-refractivity contribution in [1.29, 1.82) is 0 Å². The van der Waals surface area contributed by atoms with Crippen molar-refractivity contribution in [2.75, 3.05) is 19.7 Å². The third-order valence-electron chi connectivity index (χ3n) is 4.64. The SMILES string of the molecule is CC(C)CNCCC1CCOC2(CCCCC2)C1. The highest BCUT2D eigenvalue weighted by Crippen LogP contribution is 2.41. The van der Waals surface area contributed by atoms with Crippen molar-refractivity contribution in [3.8, 4) is 0 Å². The Morgan fingerprint density at radius 2 is 2.00 bits per heavy atom. The van der Waals surface area contributed by atoms with E-state index < -0.39 is 0 Å². The van der Waals surface area contributed by atoms with Crippen LogP contribution in [0.1, 0.15) is 65.2 Å². The average molecular weight is 253 g/mol. The molecule has 0 radical (unpaired) electrons. The van der Waals surface area contributed by atoms with Crippen LogP contribution in [-0.2, 0) is 4.74 Å². The molecule has 1 saturated heterocycles. The molecule has 1 spiro atoms. The summed E-state index contributed by atoms with van der Waals surface area (Å²) in [6, 6.07) is 0. The zero-order chi connectivity index (χ0) is 12.8. The monoisotopic (exact) mass is 253 g/mol. The average Bonchev–Trinajstić information content (AvgIpc) is 2.36. The van der Waals surface area contributed by atoms with E-state index in [4.69, 9.17) is 4.74 Å². The van der Waals surface area contributed by atoms with Gasteiger partial charge in [0.25, 0.3) is 0 Å². The molecule has 1 N–H and O–H groups in total. The zero-order valence-electron chi connectivity index (χ0n) is 12.3. The summed E-state index contributed by atoms with van der Waals surface area (Å²) in [5.74, 6) is 1.67. The Hall–Kier alpha value is -0.0800. The highest BCUT2D eigenvalue weighted by molar-refractivity contribution is 4.89. The van der Waals surface area contributed by atoms with Crippen LogP contribution in [0.3, 0.4) is 0 Å². The standard InChI is InChI=1S/C16H31NO/c1-14(2)13-17-10-6-15-7-11-18-16(12-15)8-4-3-5-9-16/h14-15,17H,3-13H2,1-2H3. The van der Waals surface area contributed by atoms with Crippen molar-refractivity contribution >= 4 is 0 Å². The van der Waals surface area contributed by atoms with Crippen LogP contribution in [-0.4, -0.2) is 25.3 Å². The van der Waals surface area contributed by atoms with Crippen molar-refractivity contribution in [2.45, 2.75) is 70.8 Å². The van der Waals surface area contributed by atoms with Gasteiger partial charge in [0, 0.05) is 6.61 Å². The van der Waals surface area contributed by atoms with Crippen molar-refractivity contribution in [2.24, 2.45) is 11.8 Å². The second-order valence-electron chi connectivity index (χ2n) is 6.84. The van der Waals surface area contributed by atoms with E-state index in [1.165, 1.54) is 57.9 Å². The number of hydrogen-bond donors (Lipinski definition) is 1. The Balaban J connectivity index is 1.69. The number of nitrogens with one attached hydrogen (secondary N) is 1. The van der Waals surface area contributed by atoms with E-state index in [1.54, 1.807) is 0 Å². The lowest BCUT2D eigenvalue weighted by atomic mass is 9.75. The first kappa shape index (κ1) is 14.3. The molecule has 0 bridgehead atoms. The number of rotatable bonds is 5. The van der Waals surface area contributed by atoms with Gasteiger partial charge in [0.15, 0.2) is 0 Å². The molecule has 2 rings (SSSR count). The largest absolute Gasteiger partial charge is 0.375 e. The highest BCUT2D eigenvalue weighted by atomic mass is 16.5. The van der Waals surface area contributed by atoms with Crippen LogP contribution >= 0.6 is 0 Å². The van der Waals surface area contributed by atoms with Gasteiger partial charge >= 0.3 is 0 Å². The van der Waals surface area contributed by atoms with Gasteiger partial charge in [-0.15, -0.1) is 0 Å². The van der Waals surface area contributed by atoms with Crippen LogP contribution in [0.25, 0.3) is 0 Å². The topological polar surface area (TPSA) is 21.3 Å². The molecule has 0 amide bonds. The van der Waals surface area contributed by atoms with Crippen LogP contribution in [0, 0.1) is 11.8 Å². The van der Waals surface area contributed by atoms with E-state index in [1.807, 2.05) is 0 Å². The quantitative estimate of drug-likeness (QED) is 0.753. The first-order chi connectivity index (χ1) is 8.70. The van der Waals surface area contributed by atoms with Gasteiger partial charge < -0.3 is 10.1 Å². The van der Waals surface area contributed by atoms with E-state index in [0.29, 0.717) is 5.60 Å². The lowest BCUT2D eigenvalue weighted by molar-refractivity contribution is -0.118. The Kier molecular flexibility index (Phi) is 5.50. The number of ether oxygens (including phenoxy) is 1. The van der Waals surface area contributed by atoms with E-state index in [9.17, 15) is 0 Å². The van der Waals surface area contributed by atoms with Gasteiger partial charge in [-0.3, -0.25) is 0 Å². The van der Waals surface area contributed by atoms with Crippen molar-refractivity contribution in [1.82, 2.24) is 5.32 Å². The summed E-state index contributed by atoms with van der Waals surface area (Å²) in [7, 11) is 0. The molecule has 1 saturated carbocycles. The predicted molar refractivity (Wildman–Crippen MR) is 76.8 cm³/mol. The molecular weight excluding hydrogens is 222 g/mol. The van der Waals surface area contributed by atoms with Crippen LogP contribution in [0.4, 0.5) is 0 Å². The van der Waals surface area contributed by atoms with Crippen LogP contribution < -0.4 is 5.32 Å². The molecule has 1 unspecified atom stereocenters. The van der Waals surface area contributed by atoms with Crippen LogP contribution in [0.2, 0.25) is 0 Å². The maximum Gasteiger partial charge on any atom is 0.0685 e. The molecule has 2 fully saturated rings. The Morgan fingerprint density at radius 1 is 1.22 bits per heavy atom. The predicted octanol–water partition coefficient (Wildman–Crippen LogP) is 3.75. The summed E-state index contributed by atoms with van der Waals surface area (Å²) in [5.41, 5.74) is 0.291. The van der Waals surface area contributed by atoms with Crippen LogP contribution in [0.5, 0.6) is 0 Å². The fourth-order valence-electron chi connectivity index (χ4n) is 3.62. The van der Waals surface area contributed by atoms with E-state index >= 15 is 0 Å². The highest BCUT2D eigenvalue weighted by Gasteiger charge is 2.37. The Labute approximate surface area is 113 Å². The molecular formula is C16H31NO. The number of hydrogen-bond acceptors (Lipinski definition) is 2. The van der Waals surface area contributed by atoms with E-state index in [-0.39, 0.29) is 0 Å². The minimum atomic E-state index is 0.291. The lowest BCUT2D eigenvalue weighted by Gasteiger charge is -2.43. The maximum absolute atomic E-state index is 6.16. The van der Waals surface area contributed by atoms with Crippen molar-refractivity contribution in [3.05, 3.63) is 0 Å². The van der Waals surface area contributed by atoms with Crippen LogP contribution in [0.15, 0.2) is 0 Å². The zero-order valence-corrected chi connectivity index (χ0v) is 12.3. The van der Waals surface area contributed by atoms with Gasteiger partial charge in [0.2, 0.25) is 0 Å². The third-order valence-corrected chi connectivity index (χ3v) is 4.64. The van der Waals surface area contributed by atoms with Gasteiger partial charge in [-0.2, -0.15) is 0 Å². The molecule has 1 aliphatic heterocycles. The fraction of sp³-hybridized carbons (Fsp3) is 1.00. The molecule has 106 valence electrons. The van der Waals surface area contributed by atoms with Gasteiger partial charge in [0.05, 0.1) is 5.60 Å².